The van der Waals surface area contributed by atoms with Crippen molar-refractivity contribution in [1.29, 1.82) is 0 Å². The molecule has 4 rings (SSSR count). The first-order chi connectivity index (χ1) is 14.6. The molecule has 158 valence electrons. The maximum Gasteiger partial charge on any atom is 0.439 e. The summed E-state index contributed by atoms with van der Waals surface area (Å²) in [4.78, 5) is 13.7. The molecular formula is C21H21Cl2N3O4. The first kappa shape index (κ1) is 21.1. The molecule has 0 radical (unpaired) electrons. The van der Waals surface area contributed by atoms with Crippen molar-refractivity contribution < 1.29 is 14.0 Å². The summed E-state index contributed by atoms with van der Waals surface area (Å²) in [5.74, 6) is -0.0800. The summed E-state index contributed by atoms with van der Waals surface area (Å²) >= 11 is 12.3. The van der Waals surface area contributed by atoms with Crippen LogP contribution < -0.4 is 11.1 Å². The Balaban J connectivity index is 1.42. The van der Waals surface area contributed by atoms with Gasteiger partial charge in [0.1, 0.15) is 0 Å². The van der Waals surface area contributed by atoms with Crippen LogP contribution in [0.2, 0.25) is 10.0 Å². The van der Waals surface area contributed by atoms with Gasteiger partial charge in [-0.1, -0.05) is 52.6 Å². The van der Waals surface area contributed by atoms with E-state index >= 15 is 0 Å². The number of H-pyrrole nitrogens is 1. The minimum atomic E-state index is -0.583. The lowest BCUT2D eigenvalue weighted by molar-refractivity contribution is -0.0115. The Morgan fingerprint density at radius 1 is 1.17 bits per heavy atom. The SMILES string of the molecule is O=c1[nH]c(-c2cccc(COC[C@@H]3CNCCO[C@H]3c3ccc(Cl)c(Cl)c3)c2)no1. The molecule has 1 aromatic heterocycles. The first-order valence-corrected chi connectivity index (χ1v) is 10.4. The van der Waals surface area contributed by atoms with E-state index < -0.39 is 5.76 Å². The minimum Gasteiger partial charge on any atom is -0.376 e. The van der Waals surface area contributed by atoms with Crippen molar-refractivity contribution in [3.63, 3.8) is 0 Å². The molecule has 9 heteroatoms. The molecule has 1 aliphatic rings. The molecule has 3 aromatic rings. The van der Waals surface area contributed by atoms with E-state index in [2.05, 4.69) is 20.0 Å². The highest BCUT2D eigenvalue weighted by molar-refractivity contribution is 6.42. The molecule has 0 saturated carbocycles. The van der Waals surface area contributed by atoms with Crippen molar-refractivity contribution >= 4 is 23.2 Å². The second kappa shape index (κ2) is 9.76. The fourth-order valence-electron chi connectivity index (χ4n) is 3.48. The van der Waals surface area contributed by atoms with Crippen LogP contribution >= 0.6 is 23.2 Å². The molecule has 0 spiro atoms. The minimum absolute atomic E-state index is 0.111. The molecule has 1 fully saturated rings. The highest BCUT2D eigenvalue weighted by Crippen LogP contribution is 2.32. The number of aromatic amines is 1. The van der Waals surface area contributed by atoms with Gasteiger partial charge in [-0.05, 0) is 29.3 Å². The van der Waals surface area contributed by atoms with Crippen LogP contribution in [0.3, 0.4) is 0 Å². The number of benzene rings is 2. The molecule has 0 unspecified atom stereocenters. The standard InChI is InChI=1S/C21H21Cl2N3O4/c22-17-5-4-14(9-18(17)23)19-16(10-24-6-7-29-19)12-28-11-13-2-1-3-15(8-13)20-25-21(27)30-26-20/h1-5,8-9,16,19,24H,6-7,10-12H2,(H,25,26,27)/t16-,19-/m0/s1. The Kier molecular flexibility index (Phi) is 6.86. The number of hydrogen-bond donors (Lipinski definition) is 2. The van der Waals surface area contributed by atoms with Gasteiger partial charge in [0.15, 0.2) is 5.82 Å². The number of nitrogens with one attached hydrogen (secondary N) is 2. The predicted octanol–water partition coefficient (Wildman–Crippen LogP) is 3.83. The lowest BCUT2D eigenvalue weighted by atomic mass is 9.96. The summed E-state index contributed by atoms with van der Waals surface area (Å²) in [5, 5.41) is 8.14. The molecule has 1 saturated heterocycles. The molecule has 30 heavy (non-hydrogen) atoms. The molecule has 0 bridgehead atoms. The molecule has 7 nitrogen and oxygen atoms in total. The van der Waals surface area contributed by atoms with Gasteiger partial charge in [0.05, 0.1) is 36.0 Å². The van der Waals surface area contributed by atoms with Crippen molar-refractivity contribution in [3.8, 4) is 11.4 Å². The van der Waals surface area contributed by atoms with Gasteiger partial charge in [-0.3, -0.25) is 9.51 Å². The van der Waals surface area contributed by atoms with Crippen molar-refractivity contribution in [2.75, 3.05) is 26.3 Å². The topological polar surface area (TPSA) is 89.4 Å². The second-order valence-electron chi connectivity index (χ2n) is 7.09. The summed E-state index contributed by atoms with van der Waals surface area (Å²) in [5.41, 5.74) is 2.71. The van der Waals surface area contributed by atoms with Gasteiger partial charge in [-0.25, -0.2) is 4.79 Å². The van der Waals surface area contributed by atoms with Gasteiger partial charge in [0.2, 0.25) is 0 Å². The molecule has 0 amide bonds. The third kappa shape index (κ3) is 5.11. The Labute approximate surface area is 183 Å². The maximum atomic E-state index is 11.2. The van der Waals surface area contributed by atoms with E-state index in [0.717, 1.165) is 29.8 Å². The summed E-state index contributed by atoms with van der Waals surface area (Å²) in [7, 11) is 0. The fourth-order valence-corrected chi connectivity index (χ4v) is 3.79. The van der Waals surface area contributed by atoms with E-state index in [9.17, 15) is 4.79 Å². The van der Waals surface area contributed by atoms with Gasteiger partial charge in [-0.15, -0.1) is 0 Å². The van der Waals surface area contributed by atoms with E-state index in [1.165, 1.54) is 0 Å². The number of ether oxygens (including phenoxy) is 2. The second-order valence-corrected chi connectivity index (χ2v) is 7.90. The lowest BCUT2D eigenvalue weighted by Crippen LogP contribution is -2.28. The van der Waals surface area contributed by atoms with E-state index in [1.807, 2.05) is 36.4 Å². The quantitative estimate of drug-likeness (QED) is 0.594. The predicted molar refractivity (Wildman–Crippen MR) is 114 cm³/mol. The van der Waals surface area contributed by atoms with Gasteiger partial charge < -0.3 is 14.8 Å². The summed E-state index contributed by atoms with van der Waals surface area (Å²) in [6.07, 6.45) is -0.138. The van der Waals surface area contributed by atoms with E-state index in [0.29, 0.717) is 35.7 Å². The molecule has 2 atom stereocenters. The molecule has 2 heterocycles. The van der Waals surface area contributed by atoms with Crippen molar-refractivity contribution in [3.05, 3.63) is 74.2 Å². The Morgan fingerprint density at radius 2 is 2.07 bits per heavy atom. The van der Waals surface area contributed by atoms with Crippen molar-refractivity contribution in [2.45, 2.75) is 12.7 Å². The van der Waals surface area contributed by atoms with Crippen LogP contribution in [0.1, 0.15) is 17.2 Å². The van der Waals surface area contributed by atoms with E-state index in [-0.39, 0.29) is 12.0 Å². The maximum absolute atomic E-state index is 11.2. The number of nitrogens with zero attached hydrogens (tertiary/aromatic N) is 1. The zero-order valence-corrected chi connectivity index (χ0v) is 17.6. The Bertz CT molecular complexity index is 1050. The van der Waals surface area contributed by atoms with Crippen LogP contribution in [-0.2, 0) is 16.1 Å². The summed E-state index contributed by atoms with van der Waals surface area (Å²) < 4.78 is 16.7. The van der Waals surface area contributed by atoms with Crippen LogP contribution in [0.25, 0.3) is 11.4 Å². The van der Waals surface area contributed by atoms with Crippen molar-refractivity contribution in [1.82, 2.24) is 15.5 Å². The molecular weight excluding hydrogens is 429 g/mol. The largest absolute Gasteiger partial charge is 0.439 e. The van der Waals surface area contributed by atoms with Gasteiger partial charge in [0, 0.05) is 24.6 Å². The molecule has 2 N–H and O–H groups in total. The average Bonchev–Trinajstić information content (AvgIpc) is 3.05. The highest BCUT2D eigenvalue weighted by Gasteiger charge is 2.27. The fraction of sp³-hybridized carbons (Fsp3) is 0.333. The lowest BCUT2D eigenvalue weighted by Gasteiger charge is -2.25. The zero-order valence-electron chi connectivity index (χ0n) is 16.1. The van der Waals surface area contributed by atoms with Gasteiger partial charge in [-0.2, -0.15) is 0 Å². The monoisotopic (exact) mass is 449 g/mol. The van der Waals surface area contributed by atoms with Crippen LogP contribution in [0, 0.1) is 5.92 Å². The first-order valence-electron chi connectivity index (χ1n) is 9.60. The zero-order chi connectivity index (χ0) is 20.9. The molecule has 2 aromatic carbocycles. The Hall–Kier alpha value is -2.16. The van der Waals surface area contributed by atoms with Crippen LogP contribution in [0.15, 0.2) is 51.8 Å². The van der Waals surface area contributed by atoms with Crippen LogP contribution in [-0.4, -0.2) is 36.4 Å². The third-order valence-electron chi connectivity index (χ3n) is 4.92. The summed E-state index contributed by atoms with van der Waals surface area (Å²) in [6.45, 7) is 3.08. The normalized spacial score (nSPS) is 19.5. The number of aromatic nitrogens is 2. The smallest absolute Gasteiger partial charge is 0.376 e. The van der Waals surface area contributed by atoms with Crippen LogP contribution in [0.5, 0.6) is 0 Å². The van der Waals surface area contributed by atoms with Crippen molar-refractivity contribution in [2.24, 2.45) is 5.92 Å². The van der Waals surface area contributed by atoms with Crippen LogP contribution in [0.4, 0.5) is 0 Å². The van der Waals surface area contributed by atoms with E-state index in [1.54, 1.807) is 6.07 Å². The van der Waals surface area contributed by atoms with Gasteiger partial charge >= 0.3 is 5.76 Å². The number of rotatable bonds is 6. The number of halogens is 2. The van der Waals surface area contributed by atoms with E-state index in [4.69, 9.17) is 32.7 Å². The summed E-state index contributed by atoms with van der Waals surface area (Å²) in [6, 6.07) is 13.2. The number of hydrogen-bond acceptors (Lipinski definition) is 6. The molecule has 0 aliphatic carbocycles. The van der Waals surface area contributed by atoms with Gasteiger partial charge in [0.25, 0.3) is 0 Å². The molecule has 1 aliphatic heterocycles. The average molecular weight is 450 g/mol. The Morgan fingerprint density at radius 3 is 2.87 bits per heavy atom. The third-order valence-corrected chi connectivity index (χ3v) is 5.66. The highest BCUT2D eigenvalue weighted by atomic mass is 35.5.